The van der Waals surface area contributed by atoms with Gasteiger partial charge in [-0.15, -0.1) is 11.6 Å². The number of anilines is 2. The highest BCUT2D eigenvalue weighted by molar-refractivity contribution is 6.17. The molecule has 3 aromatic carbocycles. The quantitative estimate of drug-likeness (QED) is 0.553. The summed E-state index contributed by atoms with van der Waals surface area (Å²) in [6.45, 7) is 0.918. The van der Waals surface area contributed by atoms with Crippen molar-refractivity contribution in [1.82, 2.24) is 0 Å². The van der Waals surface area contributed by atoms with Gasteiger partial charge in [-0.2, -0.15) is 0 Å². The number of fused-ring (bicyclic) bond motifs is 1. The number of alkyl halides is 1. The normalized spacial score (nSPS) is 10.7. The molecule has 0 radical (unpaired) electrons. The van der Waals surface area contributed by atoms with Crippen LogP contribution in [0.15, 0.2) is 72.8 Å². The summed E-state index contributed by atoms with van der Waals surface area (Å²) in [6.07, 6.45) is 0.958. The first-order valence-corrected chi connectivity index (χ1v) is 7.80. The Morgan fingerprint density at radius 2 is 1.48 bits per heavy atom. The SMILES string of the molecule is ClCCCN(c1ccccc1)c1cccc2ccccc12. The molecule has 0 bridgehead atoms. The van der Waals surface area contributed by atoms with E-state index < -0.39 is 0 Å². The van der Waals surface area contributed by atoms with Crippen LogP contribution in [0.1, 0.15) is 6.42 Å². The van der Waals surface area contributed by atoms with Gasteiger partial charge in [-0.3, -0.25) is 0 Å². The molecule has 0 fully saturated rings. The van der Waals surface area contributed by atoms with Gasteiger partial charge in [0.25, 0.3) is 0 Å². The Bertz CT molecular complexity index is 704. The van der Waals surface area contributed by atoms with Crippen molar-refractivity contribution in [3.8, 4) is 0 Å². The van der Waals surface area contributed by atoms with Crippen molar-refractivity contribution in [1.29, 1.82) is 0 Å². The smallest absolute Gasteiger partial charge is 0.0490 e. The van der Waals surface area contributed by atoms with Crippen molar-refractivity contribution in [2.75, 3.05) is 17.3 Å². The second kappa shape index (κ2) is 6.64. The molecule has 0 aliphatic carbocycles. The molecule has 0 unspecified atom stereocenters. The number of hydrogen-bond acceptors (Lipinski definition) is 1. The molecule has 106 valence electrons. The van der Waals surface area contributed by atoms with Gasteiger partial charge in [0.2, 0.25) is 0 Å². The minimum absolute atomic E-state index is 0.675. The summed E-state index contributed by atoms with van der Waals surface area (Å²) in [4.78, 5) is 2.35. The van der Waals surface area contributed by atoms with Gasteiger partial charge in [0.05, 0.1) is 0 Å². The highest BCUT2D eigenvalue weighted by atomic mass is 35.5. The lowest BCUT2D eigenvalue weighted by molar-refractivity contribution is 0.894. The molecule has 1 nitrogen and oxygen atoms in total. The lowest BCUT2D eigenvalue weighted by Gasteiger charge is -2.26. The Hall–Kier alpha value is -1.99. The summed E-state index contributed by atoms with van der Waals surface area (Å²) in [5.74, 6) is 0.675. The van der Waals surface area contributed by atoms with Crippen molar-refractivity contribution in [2.24, 2.45) is 0 Å². The second-order valence-corrected chi connectivity index (χ2v) is 5.41. The van der Waals surface area contributed by atoms with E-state index in [0.29, 0.717) is 5.88 Å². The van der Waals surface area contributed by atoms with E-state index in [1.54, 1.807) is 0 Å². The van der Waals surface area contributed by atoms with Crippen molar-refractivity contribution in [2.45, 2.75) is 6.42 Å². The van der Waals surface area contributed by atoms with Gasteiger partial charge in [-0.1, -0.05) is 54.6 Å². The lowest BCUT2D eigenvalue weighted by Crippen LogP contribution is -2.19. The van der Waals surface area contributed by atoms with Crippen LogP contribution < -0.4 is 4.90 Å². The summed E-state index contributed by atoms with van der Waals surface area (Å²) in [6, 6.07) is 25.5. The highest BCUT2D eigenvalue weighted by Crippen LogP contribution is 2.32. The maximum Gasteiger partial charge on any atom is 0.0490 e. The van der Waals surface area contributed by atoms with Crippen molar-refractivity contribution < 1.29 is 0 Å². The van der Waals surface area contributed by atoms with Crippen LogP contribution in [-0.2, 0) is 0 Å². The zero-order chi connectivity index (χ0) is 14.5. The number of para-hydroxylation sites is 1. The molecule has 0 aromatic heterocycles. The highest BCUT2D eigenvalue weighted by Gasteiger charge is 2.11. The summed E-state index contributed by atoms with van der Waals surface area (Å²) in [5, 5.41) is 2.54. The van der Waals surface area contributed by atoms with Gasteiger partial charge in [-0.05, 0) is 30.0 Å². The second-order valence-electron chi connectivity index (χ2n) is 5.03. The number of benzene rings is 3. The van der Waals surface area contributed by atoms with Crippen LogP contribution in [0.3, 0.4) is 0 Å². The average molecular weight is 296 g/mol. The molecule has 3 aromatic rings. The van der Waals surface area contributed by atoms with Crippen molar-refractivity contribution in [3.63, 3.8) is 0 Å². The first-order valence-electron chi connectivity index (χ1n) is 7.26. The average Bonchev–Trinajstić information content (AvgIpc) is 2.56. The number of halogens is 1. The minimum atomic E-state index is 0.675. The van der Waals surface area contributed by atoms with E-state index in [4.69, 9.17) is 11.6 Å². The van der Waals surface area contributed by atoms with Gasteiger partial charge < -0.3 is 4.90 Å². The van der Waals surface area contributed by atoms with Crippen LogP contribution in [0, 0.1) is 0 Å². The predicted molar refractivity (Wildman–Crippen MR) is 92.7 cm³/mol. The topological polar surface area (TPSA) is 3.24 Å². The van der Waals surface area contributed by atoms with Gasteiger partial charge >= 0.3 is 0 Å². The molecule has 0 aliphatic heterocycles. The Morgan fingerprint density at radius 3 is 2.29 bits per heavy atom. The standard InChI is InChI=1S/C19H18ClN/c20-14-7-15-21(17-10-2-1-3-11-17)19-13-6-9-16-8-4-5-12-18(16)19/h1-6,8-13H,7,14-15H2. The monoisotopic (exact) mass is 295 g/mol. The molecule has 2 heteroatoms. The fourth-order valence-electron chi connectivity index (χ4n) is 2.66. The van der Waals surface area contributed by atoms with Crippen molar-refractivity contribution in [3.05, 3.63) is 72.8 Å². The molecule has 3 rings (SSSR count). The zero-order valence-electron chi connectivity index (χ0n) is 11.9. The Labute approximate surface area is 130 Å². The van der Waals surface area contributed by atoms with E-state index in [1.165, 1.54) is 22.1 Å². The summed E-state index contributed by atoms with van der Waals surface area (Å²) >= 11 is 5.91. The lowest BCUT2D eigenvalue weighted by atomic mass is 10.1. The molecule has 0 amide bonds. The van der Waals surface area contributed by atoms with Gasteiger partial charge in [0, 0.05) is 29.2 Å². The number of nitrogens with zero attached hydrogens (tertiary/aromatic N) is 1. The van der Waals surface area contributed by atoms with Gasteiger partial charge in [0.1, 0.15) is 0 Å². The first-order chi connectivity index (χ1) is 10.4. The van der Waals surface area contributed by atoms with E-state index in [2.05, 4.69) is 71.6 Å². The molecule has 0 N–H and O–H groups in total. The molecular weight excluding hydrogens is 278 g/mol. The molecule has 0 aliphatic rings. The van der Waals surface area contributed by atoms with E-state index in [9.17, 15) is 0 Å². The summed E-state index contributed by atoms with van der Waals surface area (Å²) < 4.78 is 0. The first kappa shape index (κ1) is 14.0. The summed E-state index contributed by atoms with van der Waals surface area (Å²) in [5.41, 5.74) is 2.45. The van der Waals surface area contributed by atoms with E-state index in [1.807, 2.05) is 6.07 Å². The van der Waals surface area contributed by atoms with Crippen molar-refractivity contribution >= 4 is 33.7 Å². The third-order valence-electron chi connectivity index (χ3n) is 3.64. The van der Waals surface area contributed by atoms with Gasteiger partial charge in [-0.25, -0.2) is 0 Å². The van der Waals surface area contributed by atoms with Crippen LogP contribution in [0.25, 0.3) is 10.8 Å². The fraction of sp³-hybridized carbons (Fsp3) is 0.158. The fourth-order valence-corrected chi connectivity index (χ4v) is 2.78. The maximum atomic E-state index is 5.91. The molecule has 21 heavy (non-hydrogen) atoms. The van der Waals surface area contributed by atoms with E-state index in [0.717, 1.165) is 13.0 Å². The van der Waals surface area contributed by atoms with Crippen LogP contribution in [0.2, 0.25) is 0 Å². The largest absolute Gasteiger partial charge is 0.341 e. The minimum Gasteiger partial charge on any atom is -0.341 e. The van der Waals surface area contributed by atoms with Crippen LogP contribution in [-0.4, -0.2) is 12.4 Å². The Balaban J connectivity index is 2.10. The van der Waals surface area contributed by atoms with Crippen LogP contribution >= 0.6 is 11.6 Å². The Morgan fingerprint density at radius 1 is 0.762 bits per heavy atom. The van der Waals surface area contributed by atoms with E-state index >= 15 is 0 Å². The van der Waals surface area contributed by atoms with Gasteiger partial charge in [0.15, 0.2) is 0 Å². The number of hydrogen-bond donors (Lipinski definition) is 0. The maximum absolute atomic E-state index is 5.91. The Kier molecular flexibility index (Phi) is 4.42. The third-order valence-corrected chi connectivity index (χ3v) is 3.91. The third kappa shape index (κ3) is 3.03. The van der Waals surface area contributed by atoms with Crippen LogP contribution in [0.4, 0.5) is 11.4 Å². The molecule has 0 atom stereocenters. The predicted octanol–water partition coefficient (Wildman–Crippen LogP) is 5.61. The molecule has 0 saturated heterocycles. The molecule has 0 spiro atoms. The zero-order valence-corrected chi connectivity index (χ0v) is 12.6. The number of rotatable bonds is 5. The molecule has 0 heterocycles. The van der Waals surface area contributed by atoms with E-state index in [-0.39, 0.29) is 0 Å². The molecule has 0 saturated carbocycles. The molecular formula is C19H18ClN. The summed E-state index contributed by atoms with van der Waals surface area (Å²) in [7, 11) is 0. The van der Waals surface area contributed by atoms with Crippen LogP contribution in [0.5, 0.6) is 0 Å².